The Morgan fingerprint density at radius 1 is 1.30 bits per heavy atom. The minimum absolute atomic E-state index is 0.00475. The Hall–Kier alpha value is -3.89. The van der Waals surface area contributed by atoms with Crippen LogP contribution < -0.4 is 20.7 Å². The Bertz CT molecular complexity index is 1210. The van der Waals surface area contributed by atoms with Crippen molar-refractivity contribution in [3.63, 3.8) is 0 Å². The number of nitrogens with one attached hydrogen (secondary N) is 3. The number of benzene rings is 2. The van der Waals surface area contributed by atoms with E-state index in [-0.39, 0.29) is 12.0 Å². The fourth-order valence-corrected chi connectivity index (χ4v) is 4.00. The van der Waals surface area contributed by atoms with Crippen molar-refractivity contribution in [3.05, 3.63) is 60.9 Å². The first-order valence-corrected chi connectivity index (χ1v) is 11.0. The van der Waals surface area contributed by atoms with Gasteiger partial charge in [-0.2, -0.15) is 0 Å². The molecule has 3 aromatic rings. The van der Waals surface area contributed by atoms with Crippen molar-refractivity contribution in [1.29, 1.82) is 0 Å². The number of terminal acetylenes is 1. The zero-order chi connectivity index (χ0) is 23.2. The molecular weight excluding hydrogens is 414 g/mol. The maximum Gasteiger partial charge on any atom is 0.247 e. The number of anilines is 3. The highest BCUT2D eigenvalue weighted by molar-refractivity contribution is 6.03. The number of carbonyl (C=O) groups is 1. The summed E-state index contributed by atoms with van der Waals surface area (Å²) in [4.78, 5) is 21.0. The van der Waals surface area contributed by atoms with Crippen LogP contribution in [-0.4, -0.2) is 35.1 Å². The lowest BCUT2D eigenvalue weighted by molar-refractivity contribution is -0.111. The number of amides is 1. The summed E-state index contributed by atoms with van der Waals surface area (Å²) in [5.41, 5.74) is 2.81. The van der Waals surface area contributed by atoms with Gasteiger partial charge in [0.05, 0.1) is 17.3 Å². The van der Waals surface area contributed by atoms with E-state index in [0.29, 0.717) is 28.7 Å². The van der Waals surface area contributed by atoms with Crippen molar-refractivity contribution < 1.29 is 9.53 Å². The molecule has 3 N–H and O–H groups in total. The van der Waals surface area contributed by atoms with E-state index in [4.69, 9.17) is 11.2 Å². The van der Waals surface area contributed by atoms with Crippen LogP contribution in [0.3, 0.4) is 0 Å². The van der Waals surface area contributed by atoms with Gasteiger partial charge in [0.1, 0.15) is 17.9 Å². The van der Waals surface area contributed by atoms with Crippen molar-refractivity contribution in [3.8, 4) is 18.1 Å². The molecule has 0 radical (unpaired) electrons. The zero-order valence-corrected chi connectivity index (χ0v) is 18.6. The normalized spacial score (nSPS) is 14.8. The predicted octanol–water partition coefficient (Wildman–Crippen LogP) is 4.25. The summed E-state index contributed by atoms with van der Waals surface area (Å²) in [6.07, 6.45) is 10.4. The molecule has 1 unspecified atom stereocenters. The first-order chi connectivity index (χ1) is 16.1. The van der Waals surface area contributed by atoms with Crippen LogP contribution in [0.15, 0.2) is 55.4 Å². The number of aromatic nitrogens is 2. The van der Waals surface area contributed by atoms with Crippen LogP contribution in [0, 0.1) is 18.3 Å². The Morgan fingerprint density at radius 2 is 2.12 bits per heavy atom. The maximum absolute atomic E-state index is 12.1. The van der Waals surface area contributed by atoms with Gasteiger partial charge in [-0.15, -0.1) is 6.42 Å². The number of hydrogen-bond acceptors (Lipinski definition) is 6. The molecule has 0 spiro atoms. The van der Waals surface area contributed by atoms with Crippen LogP contribution in [0.5, 0.6) is 5.75 Å². The van der Waals surface area contributed by atoms with Crippen molar-refractivity contribution in [1.82, 2.24) is 15.3 Å². The van der Waals surface area contributed by atoms with Gasteiger partial charge in [-0.1, -0.05) is 18.6 Å². The molecule has 2 aromatic carbocycles. The topological polar surface area (TPSA) is 88.2 Å². The number of fused-ring (bicyclic) bond motifs is 1. The summed E-state index contributed by atoms with van der Waals surface area (Å²) >= 11 is 0. The summed E-state index contributed by atoms with van der Waals surface area (Å²) in [5, 5.41) is 10.3. The third kappa shape index (κ3) is 5.30. The molecule has 1 aromatic heterocycles. The smallest absolute Gasteiger partial charge is 0.247 e. The van der Waals surface area contributed by atoms with E-state index in [1.807, 2.05) is 36.4 Å². The van der Waals surface area contributed by atoms with E-state index in [0.717, 1.165) is 42.6 Å². The molecule has 1 amide bonds. The number of rotatable bonds is 7. The van der Waals surface area contributed by atoms with Crippen LogP contribution >= 0.6 is 0 Å². The van der Waals surface area contributed by atoms with Crippen LogP contribution in [0.25, 0.3) is 10.9 Å². The molecule has 0 aliphatic carbocycles. The van der Waals surface area contributed by atoms with Gasteiger partial charge >= 0.3 is 0 Å². The number of hydrogen-bond donors (Lipinski definition) is 3. The second kappa shape index (κ2) is 10.2. The Morgan fingerprint density at radius 3 is 2.88 bits per heavy atom. The van der Waals surface area contributed by atoms with Crippen molar-refractivity contribution in [2.75, 3.05) is 23.7 Å². The highest BCUT2D eigenvalue weighted by Crippen LogP contribution is 2.35. The van der Waals surface area contributed by atoms with Gasteiger partial charge in [0.2, 0.25) is 5.91 Å². The van der Waals surface area contributed by atoms with Crippen LogP contribution in [0.2, 0.25) is 0 Å². The minimum Gasteiger partial charge on any atom is -0.488 e. The molecule has 1 aliphatic heterocycles. The highest BCUT2D eigenvalue weighted by atomic mass is 16.5. The molecule has 0 bridgehead atoms. The first kappa shape index (κ1) is 22.3. The molecule has 1 atom stereocenters. The molecule has 168 valence electrons. The molecule has 1 saturated heterocycles. The van der Waals surface area contributed by atoms with Crippen LogP contribution in [0.1, 0.15) is 25.3 Å². The molecule has 1 aliphatic rings. The molecule has 2 heterocycles. The van der Waals surface area contributed by atoms with Gasteiger partial charge in [0.25, 0.3) is 0 Å². The lowest BCUT2D eigenvalue weighted by Crippen LogP contribution is -2.35. The van der Waals surface area contributed by atoms with Crippen molar-refractivity contribution >= 4 is 34.0 Å². The van der Waals surface area contributed by atoms with E-state index in [9.17, 15) is 4.79 Å². The summed E-state index contributed by atoms with van der Waals surface area (Å²) in [5.74, 6) is 3.92. The molecule has 1 fully saturated rings. The second-order valence-corrected chi connectivity index (χ2v) is 8.04. The average molecular weight is 442 g/mol. The predicted molar refractivity (Wildman–Crippen MR) is 132 cm³/mol. The van der Waals surface area contributed by atoms with Gasteiger partial charge in [0.15, 0.2) is 0 Å². The molecule has 4 rings (SSSR count). The average Bonchev–Trinajstić information content (AvgIpc) is 2.85. The lowest BCUT2D eigenvalue weighted by Gasteiger charge is -2.29. The SMILES string of the molecule is C#Cc1cccc(Nc2ncnc3cc(OC(C)C4CCNCC4)c(NC(=O)C=C)cc23)c1. The molecule has 7 heteroatoms. The summed E-state index contributed by atoms with van der Waals surface area (Å²) < 4.78 is 6.35. The second-order valence-electron chi connectivity index (χ2n) is 8.04. The van der Waals surface area contributed by atoms with Gasteiger partial charge < -0.3 is 20.7 Å². The Kier molecular flexibility index (Phi) is 6.86. The highest BCUT2D eigenvalue weighted by Gasteiger charge is 2.23. The number of ether oxygens (including phenoxy) is 1. The monoisotopic (exact) mass is 441 g/mol. The fraction of sp³-hybridized carbons (Fsp3) is 0.269. The van der Waals surface area contributed by atoms with Crippen molar-refractivity contribution in [2.24, 2.45) is 5.92 Å². The first-order valence-electron chi connectivity index (χ1n) is 11.0. The van der Waals surface area contributed by atoms with Crippen LogP contribution in [-0.2, 0) is 4.79 Å². The van der Waals surface area contributed by atoms with Gasteiger partial charge in [-0.05, 0) is 69.1 Å². The molecule has 33 heavy (non-hydrogen) atoms. The van der Waals surface area contributed by atoms with E-state index >= 15 is 0 Å². The third-order valence-electron chi connectivity index (χ3n) is 5.83. The van der Waals surface area contributed by atoms with E-state index in [2.05, 4.69) is 45.3 Å². The number of piperidine rings is 1. The number of nitrogens with zero attached hydrogens (tertiary/aromatic N) is 2. The summed E-state index contributed by atoms with van der Waals surface area (Å²) in [6.45, 7) is 7.60. The van der Waals surface area contributed by atoms with Gasteiger partial charge in [-0.3, -0.25) is 4.79 Å². The van der Waals surface area contributed by atoms with Gasteiger partial charge in [-0.25, -0.2) is 9.97 Å². The lowest BCUT2D eigenvalue weighted by atomic mass is 9.93. The van der Waals surface area contributed by atoms with Gasteiger partial charge in [0, 0.05) is 22.7 Å². The quantitative estimate of drug-likeness (QED) is 0.375. The van der Waals surface area contributed by atoms with E-state index in [1.54, 1.807) is 0 Å². The van der Waals surface area contributed by atoms with E-state index < -0.39 is 0 Å². The largest absolute Gasteiger partial charge is 0.488 e. The fourth-order valence-electron chi connectivity index (χ4n) is 4.00. The zero-order valence-electron chi connectivity index (χ0n) is 18.6. The Labute approximate surface area is 193 Å². The minimum atomic E-state index is -0.318. The molecule has 0 saturated carbocycles. The molecule has 7 nitrogen and oxygen atoms in total. The maximum atomic E-state index is 12.1. The summed E-state index contributed by atoms with van der Waals surface area (Å²) in [7, 11) is 0. The Balaban J connectivity index is 1.70. The standard InChI is InChI=1S/C26H27N5O2/c1-4-18-7-6-8-20(13-18)30-26-21-14-23(31-25(32)5-2)24(15-22(21)28-16-29-26)33-17(3)19-9-11-27-12-10-19/h1,5-8,13-17,19,27H,2,9-12H2,3H3,(H,31,32)(H,28,29,30). The summed E-state index contributed by atoms with van der Waals surface area (Å²) in [6, 6.07) is 11.2. The molecular formula is C26H27N5O2. The van der Waals surface area contributed by atoms with Crippen molar-refractivity contribution in [2.45, 2.75) is 25.9 Å². The number of carbonyl (C=O) groups excluding carboxylic acids is 1. The van der Waals surface area contributed by atoms with E-state index in [1.165, 1.54) is 12.4 Å². The third-order valence-corrected chi connectivity index (χ3v) is 5.83. The van der Waals surface area contributed by atoms with Crippen LogP contribution in [0.4, 0.5) is 17.2 Å².